The van der Waals surface area contributed by atoms with Crippen molar-refractivity contribution < 1.29 is 14.3 Å². The molecule has 0 atom stereocenters. The summed E-state index contributed by atoms with van der Waals surface area (Å²) in [6, 6.07) is 23.2. The van der Waals surface area contributed by atoms with E-state index < -0.39 is 0 Å². The molecule has 4 nitrogen and oxygen atoms in total. The Morgan fingerprint density at radius 3 is 2.23 bits per heavy atom. The molecule has 0 spiro atoms. The van der Waals surface area contributed by atoms with Gasteiger partial charge < -0.3 is 14.8 Å². The Morgan fingerprint density at radius 2 is 1.50 bits per heavy atom. The van der Waals surface area contributed by atoms with Gasteiger partial charge in [0.25, 0.3) is 5.91 Å². The molecule has 0 unspecified atom stereocenters. The van der Waals surface area contributed by atoms with Crippen LogP contribution in [-0.2, 0) is 6.42 Å². The minimum Gasteiger partial charge on any atom is -0.494 e. The molecule has 0 aliphatic heterocycles. The van der Waals surface area contributed by atoms with Crippen molar-refractivity contribution in [3.05, 3.63) is 89.5 Å². The number of nitrogens with one attached hydrogen (secondary N) is 1. The first kappa shape index (κ1) is 21.4. The predicted octanol–water partition coefficient (Wildman–Crippen LogP) is 6.05. The highest BCUT2D eigenvalue weighted by Crippen LogP contribution is 2.19. The zero-order valence-corrected chi connectivity index (χ0v) is 17.7. The quantitative estimate of drug-likeness (QED) is 0.419. The fourth-order valence-corrected chi connectivity index (χ4v) is 3.14. The zero-order valence-electron chi connectivity index (χ0n) is 17.7. The molecule has 0 bridgehead atoms. The van der Waals surface area contributed by atoms with E-state index in [1.807, 2.05) is 67.6 Å². The molecule has 0 radical (unpaired) electrons. The van der Waals surface area contributed by atoms with Gasteiger partial charge in [-0.15, -0.1) is 0 Å². The number of carbonyl (C=O) groups excluding carboxylic acids is 1. The summed E-state index contributed by atoms with van der Waals surface area (Å²) in [7, 11) is 0. The lowest BCUT2D eigenvalue weighted by molar-refractivity contribution is 0.102. The minimum absolute atomic E-state index is 0.115. The van der Waals surface area contributed by atoms with Crippen molar-refractivity contribution in [2.24, 2.45) is 0 Å². The number of rotatable bonds is 10. The van der Waals surface area contributed by atoms with Gasteiger partial charge in [-0.25, -0.2) is 0 Å². The molecule has 1 amide bonds. The van der Waals surface area contributed by atoms with Crippen LogP contribution in [0.1, 0.15) is 41.3 Å². The van der Waals surface area contributed by atoms with Crippen molar-refractivity contribution in [3.8, 4) is 11.5 Å². The number of hydrogen-bond acceptors (Lipinski definition) is 3. The van der Waals surface area contributed by atoms with E-state index in [0.29, 0.717) is 18.8 Å². The van der Waals surface area contributed by atoms with Gasteiger partial charge in [0.15, 0.2) is 0 Å². The highest BCUT2D eigenvalue weighted by atomic mass is 16.5. The van der Waals surface area contributed by atoms with Crippen molar-refractivity contribution in [1.29, 1.82) is 0 Å². The average molecular weight is 404 g/mol. The van der Waals surface area contributed by atoms with Crippen molar-refractivity contribution in [1.82, 2.24) is 0 Å². The van der Waals surface area contributed by atoms with Crippen molar-refractivity contribution >= 4 is 11.6 Å². The molecule has 0 aliphatic carbocycles. The van der Waals surface area contributed by atoms with Crippen LogP contribution in [0.3, 0.4) is 0 Å². The Labute approximate surface area is 178 Å². The third kappa shape index (κ3) is 6.11. The number of para-hydroxylation sites is 2. The lowest BCUT2D eigenvalue weighted by atomic mass is 10.1. The Hall–Kier alpha value is -3.27. The second-order valence-corrected chi connectivity index (χ2v) is 7.16. The summed E-state index contributed by atoms with van der Waals surface area (Å²) in [5.41, 5.74) is 3.74. The number of benzene rings is 3. The lowest BCUT2D eigenvalue weighted by Gasteiger charge is -2.11. The standard InChI is InChI=1S/C26H29NO3/c1-3-21-11-5-6-12-24(21)27-26(28)22-14-16-23(17-15-22)29-18-8-9-19-30-25-13-7-4-10-20(25)2/h4-7,10-17H,3,8-9,18-19H2,1-2H3,(H,27,28). The van der Waals surface area contributed by atoms with Crippen LogP contribution in [0.2, 0.25) is 0 Å². The SMILES string of the molecule is CCc1ccccc1NC(=O)c1ccc(OCCCCOc2ccccc2C)cc1. The highest BCUT2D eigenvalue weighted by molar-refractivity contribution is 6.04. The maximum atomic E-state index is 12.5. The first-order chi connectivity index (χ1) is 14.7. The number of anilines is 1. The molecule has 30 heavy (non-hydrogen) atoms. The fourth-order valence-electron chi connectivity index (χ4n) is 3.14. The van der Waals surface area contributed by atoms with Gasteiger partial charge in [0, 0.05) is 11.3 Å². The molecule has 156 valence electrons. The summed E-state index contributed by atoms with van der Waals surface area (Å²) in [6.45, 7) is 5.41. The molecule has 4 heteroatoms. The molecule has 0 aliphatic rings. The largest absolute Gasteiger partial charge is 0.494 e. The van der Waals surface area contributed by atoms with Crippen LogP contribution in [-0.4, -0.2) is 19.1 Å². The van der Waals surface area contributed by atoms with Crippen LogP contribution in [0.25, 0.3) is 0 Å². The van der Waals surface area contributed by atoms with Gasteiger partial charge in [0.05, 0.1) is 13.2 Å². The van der Waals surface area contributed by atoms with E-state index in [9.17, 15) is 4.79 Å². The Balaban J connectivity index is 1.40. The number of carbonyl (C=O) groups is 1. The Kier molecular flexibility index (Phi) is 7.90. The van der Waals surface area contributed by atoms with Gasteiger partial charge in [0.1, 0.15) is 11.5 Å². The van der Waals surface area contributed by atoms with E-state index in [1.54, 1.807) is 12.1 Å². The molecule has 0 aromatic heterocycles. The van der Waals surface area contributed by atoms with Crippen LogP contribution < -0.4 is 14.8 Å². The summed E-state index contributed by atoms with van der Waals surface area (Å²) in [5.74, 6) is 1.59. The van der Waals surface area contributed by atoms with Crippen LogP contribution in [0.4, 0.5) is 5.69 Å². The van der Waals surface area contributed by atoms with Crippen LogP contribution in [0.5, 0.6) is 11.5 Å². The molecular weight excluding hydrogens is 374 g/mol. The molecule has 3 aromatic carbocycles. The molecule has 3 aromatic rings. The van der Waals surface area contributed by atoms with E-state index in [0.717, 1.165) is 47.6 Å². The number of amides is 1. The highest BCUT2D eigenvalue weighted by Gasteiger charge is 2.08. The van der Waals surface area contributed by atoms with Gasteiger partial charge in [-0.1, -0.05) is 43.3 Å². The monoisotopic (exact) mass is 403 g/mol. The summed E-state index contributed by atoms with van der Waals surface area (Å²) in [5, 5.41) is 2.99. The molecule has 0 saturated carbocycles. The van der Waals surface area contributed by atoms with Gasteiger partial charge in [-0.05, 0) is 73.7 Å². The molecule has 0 fully saturated rings. The lowest BCUT2D eigenvalue weighted by Crippen LogP contribution is -2.13. The minimum atomic E-state index is -0.115. The van der Waals surface area contributed by atoms with Gasteiger partial charge in [-0.2, -0.15) is 0 Å². The van der Waals surface area contributed by atoms with E-state index in [-0.39, 0.29) is 5.91 Å². The van der Waals surface area contributed by atoms with E-state index in [1.165, 1.54) is 0 Å². The third-order valence-electron chi connectivity index (χ3n) is 4.92. The number of aryl methyl sites for hydroxylation is 2. The normalized spacial score (nSPS) is 10.5. The smallest absolute Gasteiger partial charge is 0.255 e. The molecule has 0 saturated heterocycles. The van der Waals surface area contributed by atoms with Gasteiger partial charge in [-0.3, -0.25) is 4.79 Å². The van der Waals surface area contributed by atoms with Crippen molar-refractivity contribution in [2.75, 3.05) is 18.5 Å². The molecule has 3 rings (SSSR count). The summed E-state index contributed by atoms with van der Waals surface area (Å²) >= 11 is 0. The first-order valence-electron chi connectivity index (χ1n) is 10.5. The van der Waals surface area contributed by atoms with Gasteiger partial charge >= 0.3 is 0 Å². The summed E-state index contributed by atoms with van der Waals surface area (Å²) < 4.78 is 11.6. The van der Waals surface area contributed by atoms with Crippen LogP contribution >= 0.6 is 0 Å². The summed E-state index contributed by atoms with van der Waals surface area (Å²) in [6.07, 6.45) is 2.70. The predicted molar refractivity (Wildman–Crippen MR) is 122 cm³/mol. The number of hydrogen-bond donors (Lipinski definition) is 1. The van der Waals surface area contributed by atoms with Gasteiger partial charge in [0.2, 0.25) is 0 Å². The molecular formula is C26H29NO3. The molecule has 0 heterocycles. The van der Waals surface area contributed by atoms with E-state index in [4.69, 9.17) is 9.47 Å². The average Bonchev–Trinajstić information content (AvgIpc) is 2.78. The Morgan fingerprint density at radius 1 is 0.833 bits per heavy atom. The van der Waals surface area contributed by atoms with Crippen LogP contribution in [0.15, 0.2) is 72.8 Å². The number of unbranched alkanes of at least 4 members (excludes halogenated alkanes) is 1. The summed E-state index contributed by atoms with van der Waals surface area (Å²) in [4.78, 5) is 12.5. The topological polar surface area (TPSA) is 47.6 Å². The van der Waals surface area contributed by atoms with E-state index in [2.05, 4.69) is 12.2 Å². The second-order valence-electron chi connectivity index (χ2n) is 7.16. The van der Waals surface area contributed by atoms with E-state index >= 15 is 0 Å². The maximum absolute atomic E-state index is 12.5. The fraction of sp³-hybridized carbons (Fsp3) is 0.269. The second kappa shape index (κ2) is 11.1. The Bertz CT molecular complexity index is 951. The third-order valence-corrected chi connectivity index (χ3v) is 4.92. The zero-order chi connectivity index (χ0) is 21.2. The molecule has 1 N–H and O–H groups in total. The van der Waals surface area contributed by atoms with Crippen molar-refractivity contribution in [2.45, 2.75) is 33.1 Å². The first-order valence-corrected chi connectivity index (χ1v) is 10.5. The maximum Gasteiger partial charge on any atom is 0.255 e. The van der Waals surface area contributed by atoms with Crippen LogP contribution in [0, 0.1) is 6.92 Å². The van der Waals surface area contributed by atoms with Crippen molar-refractivity contribution in [3.63, 3.8) is 0 Å². The number of ether oxygens (including phenoxy) is 2.